The lowest BCUT2D eigenvalue weighted by Gasteiger charge is -2.27. The summed E-state index contributed by atoms with van der Waals surface area (Å²) >= 11 is 0. The van der Waals surface area contributed by atoms with Gasteiger partial charge in [0.15, 0.2) is 0 Å². The van der Waals surface area contributed by atoms with Gasteiger partial charge in [-0.3, -0.25) is 9.97 Å². The average molecular weight is 382 g/mol. The van der Waals surface area contributed by atoms with Crippen LogP contribution in [0, 0.1) is 12.8 Å². The second kappa shape index (κ2) is 9.53. The Morgan fingerprint density at radius 2 is 2.04 bits per heavy atom. The third kappa shape index (κ3) is 5.44. The number of aryl methyl sites for hydroxylation is 1. The molecule has 1 saturated heterocycles. The lowest BCUT2D eigenvalue weighted by molar-refractivity contribution is 0.195. The number of amides is 2. The maximum Gasteiger partial charge on any atom is 0.317 e. The molecule has 1 fully saturated rings. The standard InChI is InChI=1S/C22H31N5O/c1-17(2)14-21(19-6-4-8-23-16-19)25-22(28)27-11-5-10-26(12-13-27)20-7-9-24-18(3)15-20/h4,6-9,15-17,21H,5,10-14H2,1-3H3,(H,25,28)/t21-/m1/s1. The summed E-state index contributed by atoms with van der Waals surface area (Å²) in [4.78, 5) is 25.8. The predicted octanol–water partition coefficient (Wildman–Crippen LogP) is 3.79. The lowest BCUT2D eigenvalue weighted by atomic mass is 9.98. The molecule has 0 aromatic carbocycles. The largest absolute Gasteiger partial charge is 0.370 e. The van der Waals surface area contributed by atoms with Gasteiger partial charge in [0.05, 0.1) is 6.04 Å². The van der Waals surface area contributed by atoms with Crippen LogP contribution in [0.1, 0.15) is 44.0 Å². The zero-order valence-corrected chi connectivity index (χ0v) is 17.1. The number of anilines is 1. The van der Waals surface area contributed by atoms with E-state index in [0.717, 1.165) is 43.7 Å². The van der Waals surface area contributed by atoms with Gasteiger partial charge in [-0.25, -0.2) is 4.79 Å². The van der Waals surface area contributed by atoms with Gasteiger partial charge in [-0.2, -0.15) is 0 Å². The Hall–Kier alpha value is -2.63. The van der Waals surface area contributed by atoms with Crippen molar-refractivity contribution < 1.29 is 4.79 Å². The van der Waals surface area contributed by atoms with Crippen molar-refractivity contribution >= 4 is 11.7 Å². The van der Waals surface area contributed by atoms with Crippen molar-refractivity contribution in [2.45, 2.75) is 39.7 Å². The summed E-state index contributed by atoms with van der Waals surface area (Å²) in [6.45, 7) is 9.63. The van der Waals surface area contributed by atoms with Gasteiger partial charge in [0.1, 0.15) is 0 Å². The molecule has 0 bridgehead atoms. The number of rotatable bonds is 5. The first-order valence-corrected chi connectivity index (χ1v) is 10.2. The van der Waals surface area contributed by atoms with Crippen LogP contribution in [-0.2, 0) is 0 Å². The van der Waals surface area contributed by atoms with Crippen LogP contribution in [0.4, 0.5) is 10.5 Å². The molecule has 0 spiro atoms. The van der Waals surface area contributed by atoms with E-state index in [2.05, 4.69) is 40.1 Å². The minimum Gasteiger partial charge on any atom is -0.370 e. The fourth-order valence-electron chi connectivity index (χ4n) is 3.68. The van der Waals surface area contributed by atoms with Crippen molar-refractivity contribution in [1.29, 1.82) is 0 Å². The number of pyridine rings is 2. The first-order valence-electron chi connectivity index (χ1n) is 10.2. The van der Waals surface area contributed by atoms with Gasteiger partial charge >= 0.3 is 6.03 Å². The van der Waals surface area contributed by atoms with Crippen molar-refractivity contribution in [1.82, 2.24) is 20.2 Å². The third-order valence-corrected chi connectivity index (χ3v) is 5.12. The summed E-state index contributed by atoms with van der Waals surface area (Å²) < 4.78 is 0. The maximum atomic E-state index is 13.0. The smallest absolute Gasteiger partial charge is 0.317 e. The lowest BCUT2D eigenvalue weighted by Crippen LogP contribution is -2.43. The van der Waals surface area contributed by atoms with Crippen LogP contribution >= 0.6 is 0 Å². The topological polar surface area (TPSA) is 61.4 Å². The fraction of sp³-hybridized carbons (Fsp3) is 0.500. The van der Waals surface area contributed by atoms with Gasteiger partial charge < -0.3 is 15.1 Å². The minimum atomic E-state index is -0.0107. The molecule has 6 heteroatoms. The van der Waals surface area contributed by atoms with Gasteiger partial charge in [-0.05, 0) is 49.4 Å². The highest BCUT2D eigenvalue weighted by atomic mass is 16.2. The van der Waals surface area contributed by atoms with Crippen LogP contribution in [0.5, 0.6) is 0 Å². The number of hydrogen-bond acceptors (Lipinski definition) is 4. The molecule has 150 valence electrons. The first-order chi connectivity index (χ1) is 13.5. The highest BCUT2D eigenvalue weighted by Gasteiger charge is 2.23. The second-order valence-electron chi connectivity index (χ2n) is 7.90. The van der Waals surface area contributed by atoms with E-state index in [1.165, 1.54) is 5.69 Å². The first kappa shape index (κ1) is 20.1. The van der Waals surface area contributed by atoms with Gasteiger partial charge in [0.2, 0.25) is 0 Å². The molecule has 0 saturated carbocycles. The zero-order chi connectivity index (χ0) is 19.9. The summed E-state index contributed by atoms with van der Waals surface area (Å²) in [5.74, 6) is 0.486. The molecular formula is C22H31N5O. The number of carbonyl (C=O) groups is 1. The Balaban J connectivity index is 1.63. The summed E-state index contributed by atoms with van der Waals surface area (Å²) in [6.07, 6.45) is 7.32. The van der Waals surface area contributed by atoms with Crippen molar-refractivity contribution in [3.8, 4) is 0 Å². The molecule has 3 heterocycles. The minimum absolute atomic E-state index is 0.0107. The average Bonchev–Trinajstić information content (AvgIpc) is 2.94. The Morgan fingerprint density at radius 3 is 2.75 bits per heavy atom. The molecule has 1 aliphatic rings. The highest BCUT2D eigenvalue weighted by molar-refractivity contribution is 5.75. The summed E-state index contributed by atoms with van der Waals surface area (Å²) in [5, 5.41) is 3.24. The van der Waals surface area contributed by atoms with E-state index >= 15 is 0 Å². The second-order valence-corrected chi connectivity index (χ2v) is 7.90. The molecule has 0 aliphatic carbocycles. The van der Waals surface area contributed by atoms with Crippen LogP contribution in [0.25, 0.3) is 0 Å². The van der Waals surface area contributed by atoms with Crippen LogP contribution in [-0.4, -0.2) is 47.1 Å². The molecule has 2 amide bonds. The number of aromatic nitrogens is 2. The van der Waals surface area contributed by atoms with Crippen LogP contribution in [0.2, 0.25) is 0 Å². The summed E-state index contributed by atoms with van der Waals surface area (Å²) in [5.41, 5.74) is 3.26. The molecule has 6 nitrogen and oxygen atoms in total. The third-order valence-electron chi connectivity index (χ3n) is 5.12. The number of hydrogen-bond donors (Lipinski definition) is 1. The molecule has 1 atom stereocenters. The monoisotopic (exact) mass is 381 g/mol. The van der Waals surface area contributed by atoms with Gasteiger partial charge in [-0.15, -0.1) is 0 Å². The van der Waals surface area contributed by atoms with Crippen molar-refractivity contribution in [2.24, 2.45) is 5.92 Å². The van der Waals surface area contributed by atoms with Crippen LogP contribution < -0.4 is 10.2 Å². The quantitative estimate of drug-likeness (QED) is 0.856. The fourth-order valence-corrected chi connectivity index (χ4v) is 3.68. The van der Waals surface area contributed by atoms with Crippen molar-refractivity contribution in [3.05, 3.63) is 54.1 Å². The molecule has 0 unspecified atom stereocenters. The normalized spacial score (nSPS) is 16.0. The Kier molecular flexibility index (Phi) is 6.85. The van der Waals surface area contributed by atoms with Gasteiger partial charge in [-0.1, -0.05) is 19.9 Å². The van der Waals surface area contributed by atoms with E-state index in [-0.39, 0.29) is 12.1 Å². The van der Waals surface area contributed by atoms with E-state index in [1.807, 2.05) is 42.4 Å². The summed E-state index contributed by atoms with van der Waals surface area (Å²) in [6, 6.07) is 8.12. The van der Waals surface area contributed by atoms with Gasteiger partial charge in [0, 0.05) is 56.2 Å². The summed E-state index contributed by atoms with van der Waals surface area (Å²) in [7, 11) is 0. The molecule has 2 aromatic rings. The maximum absolute atomic E-state index is 13.0. The SMILES string of the molecule is Cc1cc(N2CCCN(C(=O)N[C@H](CC(C)C)c3cccnc3)CC2)ccn1. The van der Waals surface area contributed by atoms with Crippen molar-refractivity contribution in [2.75, 3.05) is 31.1 Å². The Labute approximate surface area is 168 Å². The number of urea groups is 1. The Bertz CT molecular complexity index is 765. The molecular weight excluding hydrogens is 350 g/mol. The molecule has 1 N–H and O–H groups in total. The molecule has 2 aromatic heterocycles. The number of carbonyl (C=O) groups excluding carboxylic acids is 1. The molecule has 28 heavy (non-hydrogen) atoms. The van der Waals surface area contributed by atoms with Crippen LogP contribution in [0.3, 0.4) is 0 Å². The molecule has 1 aliphatic heterocycles. The van der Waals surface area contributed by atoms with E-state index < -0.39 is 0 Å². The van der Waals surface area contributed by atoms with Crippen LogP contribution in [0.15, 0.2) is 42.9 Å². The van der Waals surface area contributed by atoms with E-state index in [4.69, 9.17) is 0 Å². The predicted molar refractivity (Wildman–Crippen MR) is 112 cm³/mol. The molecule has 3 rings (SSSR count). The van der Waals surface area contributed by atoms with E-state index in [1.54, 1.807) is 6.20 Å². The van der Waals surface area contributed by atoms with E-state index in [0.29, 0.717) is 12.5 Å². The number of nitrogens with one attached hydrogen (secondary N) is 1. The zero-order valence-electron chi connectivity index (χ0n) is 17.1. The molecule has 0 radical (unpaired) electrons. The van der Waals surface area contributed by atoms with E-state index in [9.17, 15) is 4.79 Å². The highest BCUT2D eigenvalue weighted by Crippen LogP contribution is 2.21. The number of nitrogens with zero attached hydrogens (tertiary/aromatic N) is 4. The Morgan fingerprint density at radius 1 is 1.18 bits per heavy atom. The van der Waals surface area contributed by atoms with Crippen molar-refractivity contribution in [3.63, 3.8) is 0 Å². The van der Waals surface area contributed by atoms with Gasteiger partial charge in [0.25, 0.3) is 0 Å².